The lowest BCUT2D eigenvalue weighted by Crippen LogP contribution is -2.18. The normalized spacial score (nSPS) is 10.5. The first-order chi connectivity index (χ1) is 8.90. The molecule has 2 rings (SSSR count). The molecule has 0 radical (unpaired) electrons. The molecule has 1 aromatic carbocycles. The van der Waals surface area contributed by atoms with Crippen molar-refractivity contribution in [1.29, 1.82) is 0 Å². The Morgan fingerprint density at radius 2 is 1.95 bits per heavy atom. The second-order valence-electron chi connectivity index (χ2n) is 4.32. The van der Waals surface area contributed by atoms with E-state index in [9.17, 15) is 14.0 Å². The third-order valence-corrected chi connectivity index (χ3v) is 2.84. The molecule has 4 nitrogen and oxygen atoms in total. The molecular weight excluding hydrogens is 249 g/mol. The van der Waals surface area contributed by atoms with Gasteiger partial charge in [0.1, 0.15) is 11.4 Å². The van der Waals surface area contributed by atoms with Crippen LogP contribution in [0.2, 0.25) is 0 Å². The lowest BCUT2D eigenvalue weighted by molar-refractivity contribution is 0.0694. The molecule has 0 spiro atoms. The van der Waals surface area contributed by atoms with E-state index in [4.69, 9.17) is 5.11 Å². The van der Waals surface area contributed by atoms with Crippen molar-refractivity contribution < 1.29 is 14.3 Å². The Labute approximate surface area is 108 Å². The van der Waals surface area contributed by atoms with Gasteiger partial charge in [-0.3, -0.25) is 4.79 Å². The Balaban J connectivity index is 2.75. The lowest BCUT2D eigenvalue weighted by atomic mass is 10.2. The highest BCUT2D eigenvalue weighted by Gasteiger charge is 2.13. The van der Waals surface area contributed by atoms with Crippen molar-refractivity contribution in [2.24, 2.45) is 0 Å². The maximum absolute atomic E-state index is 13.8. The molecule has 98 valence electrons. The van der Waals surface area contributed by atoms with Crippen molar-refractivity contribution in [3.05, 3.63) is 63.3 Å². The summed E-state index contributed by atoms with van der Waals surface area (Å²) in [5.41, 5.74) is 0.562. The van der Waals surface area contributed by atoms with E-state index in [1.54, 1.807) is 26.0 Å². The van der Waals surface area contributed by atoms with Crippen LogP contribution in [0.1, 0.15) is 21.6 Å². The van der Waals surface area contributed by atoms with Crippen LogP contribution in [0.15, 0.2) is 35.3 Å². The largest absolute Gasteiger partial charge is 0.477 e. The van der Waals surface area contributed by atoms with E-state index in [-0.39, 0.29) is 11.3 Å². The lowest BCUT2D eigenvalue weighted by Gasteiger charge is -2.13. The number of halogens is 1. The fourth-order valence-electron chi connectivity index (χ4n) is 1.86. The second-order valence-corrected chi connectivity index (χ2v) is 4.32. The highest BCUT2D eigenvalue weighted by atomic mass is 19.1. The number of aromatic carboxylic acids is 1. The third-order valence-electron chi connectivity index (χ3n) is 2.84. The van der Waals surface area contributed by atoms with Crippen LogP contribution in [0, 0.1) is 19.7 Å². The Hall–Kier alpha value is -2.43. The Morgan fingerprint density at radius 3 is 2.58 bits per heavy atom. The smallest absolute Gasteiger partial charge is 0.341 e. The van der Waals surface area contributed by atoms with E-state index in [0.717, 1.165) is 11.8 Å². The summed E-state index contributed by atoms with van der Waals surface area (Å²) in [5.74, 6) is -1.81. The highest BCUT2D eigenvalue weighted by molar-refractivity contribution is 5.87. The summed E-state index contributed by atoms with van der Waals surface area (Å²) in [5, 5.41) is 8.94. The number of hydrogen-bond donors (Lipinski definition) is 1. The number of carboxylic acid groups (broad SMARTS) is 1. The molecule has 0 unspecified atom stereocenters. The van der Waals surface area contributed by atoms with E-state index in [0.29, 0.717) is 5.69 Å². The summed E-state index contributed by atoms with van der Waals surface area (Å²) in [6.45, 7) is 3.42. The standard InChI is InChI=1S/C14H12FNO3/c1-8-3-4-11(15)12(5-8)16-7-10(14(18)19)13(17)6-9(16)2/h3-7H,1-2H3,(H,18,19). The first-order valence-electron chi connectivity index (χ1n) is 5.63. The molecule has 1 heterocycles. The Kier molecular flexibility index (Phi) is 3.21. The number of nitrogens with zero attached hydrogens (tertiary/aromatic N) is 1. The van der Waals surface area contributed by atoms with Gasteiger partial charge in [-0.25, -0.2) is 9.18 Å². The van der Waals surface area contributed by atoms with Crippen LogP contribution in [0.3, 0.4) is 0 Å². The van der Waals surface area contributed by atoms with Gasteiger partial charge in [-0.2, -0.15) is 0 Å². The average molecular weight is 261 g/mol. The van der Waals surface area contributed by atoms with Gasteiger partial charge in [0.05, 0.1) is 5.69 Å². The molecular formula is C14H12FNO3. The number of rotatable bonds is 2. The van der Waals surface area contributed by atoms with Gasteiger partial charge in [-0.05, 0) is 31.5 Å². The minimum Gasteiger partial charge on any atom is -0.477 e. The molecule has 0 aliphatic carbocycles. The van der Waals surface area contributed by atoms with E-state index in [1.807, 2.05) is 0 Å². The molecule has 0 bridgehead atoms. The van der Waals surface area contributed by atoms with Crippen LogP contribution in [-0.4, -0.2) is 15.6 Å². The molecule has 1 aromatic heterocycles. The molecule has 0 saturated carbocycles. The van der Waals surface area contributed by atoms with Crippen molar-refractivity contribution in [1.82, 2.24) is 4.57 Å². The van der Waals surface area contributed by atoms with Crippen LogP contribution in [-0.2, 0) is 0 Å². The van der Waals surface area contributed by atoms with Gasteiger partial charge in [-0.1, -0.05) is 6.07 Å². The van der Waals surface area contributed by atoms with Crippen LogP contribution in [0.4, 0.5) is 4.39 Å². The van der Waals surface area contributed by atoms with Gasteiger partial charge in [0, 0.05) is 18.0 Å². The number of carboxylic acids is 1. The predicted molar refractivity (Wildman–Crippen MR) is 68.4 cm³/mol. The molecule has 0 fully saturated rings. The number of aromatic nitrogens is 1. The van der Waals surface area contributed by atoms with E-state index < -0.39 is 17.2 Å². The number of benzene rings is 1. The SMILES string of the molecule is Cc1ccc(F)c(-n2cc(C(=O)O)c(=O)cc2C)c1. The average Bonchev–Trinajstić information content (AvgIpc) is 2.32. The fraction of sp³-hybridized carbons (Fsp3) is 0.143. The quantitative estimate of drug-likeness (QED) is 0.902. The van der Waals surface area contributed by atoms with Crippen LogP contribution in [0.5, 0.6) is 0 Å². The van der Waals surface area contributed by atoms with Crippen LogP contribution >= 0.6 is 0 Å². The molecule has 0 saturated heterocycles. The zero-order chi connectivity index (χ0) is 14.2. The van der Waals surface area contributed by atoms with Gasteiger partial charge in [0.25, 0.3) is 0 Å². The number of hydrogen-bond acceptors (Lipinski definition) is 2. The summed E-state index contributed by atoms with van der Waals surface area (Å²) in [6, 6.07) is 5.71. The van der Waals surface area contributed by atoms with Gasteiger partial charge in [0.2, 0.25) is 0 Å². The highest BCUT2D eigenvalue weighted by Crippen LogP contribution is 2.17. The van der Waals surface area contributed by atoms with E-state index >= 15 is 0 Å². The molecule has 5 heteroatoms. The third kappa shape index (κ3) is 2.40. The van der Waals surface area contributed by atoms with Crippen molar-refractivity contribution in [3.8, 4) is 5.69 Å². The van der Waals surface area contributed by atoms with Crippen molar-refractivity contribution >= 4 is 5.97 Å². The summed E-state index contributed by atoms with van der Waals surface area (Å²) in [6.07, 6.45) is 1.15. The zero-order valence-electron chi connectivity index (χ0n) is 10.5. The van der Waals surface area contributed by atoms with Crippen molar-refractivity contribution in [2.45, 2.75) is 13.8 Å². The molecule has 0 amide bonds. The van der Waals surface area contributed by atoms with Gasteiger partial charge >= 0.3 is 5.97 Å². The van der Waals surface area contributed by atoms with Crippen LogP contribution in [0.25, 0.3) is 5.69 Å². The molecule has 0 atom stereocenters. The number of pyridine rings is 1. The van der Waals surface area contributed by atoms with Gasteiger partial charge in [-0.15, -0.1) is 0 Å². The van der Waals surface area contributed by atoms with Crippen molar-refractivity contribution in [3.63, 3.8) is 0 Å². The molecule has 19 heavy (non-hydrogen) atoms. The van der Waals surface area contributed by atoms with Gasteiger partial charge < -0.3 is 9.67 Å². The minimum absolute atomic E-state index is 0.222. The topological polar surface area (TPSA) is 59.3 Å². The summed E-state index contributed by atoms with van der Waals surface area (Å²) >= 11 is 0. The molecule has 1 N–H and O–H groups in total. The maximum Gasteiger partial charge on any atom is 0.341 e. The van der Waals surface area contributed by atoms with Crippen molar-refractivity contribution in [2.75, 3.05) is 0 Å². The number of carbonyl (C=O) groups is 1. The summed E-state index contributed by atoms with van der Waals surface area (Å²) in [7, 11) is 0. The predicted octanol–water partition coefficient (Wildman–Crippen LogP) is 2.29. The number of aryl methyl sites for hydroxylation is 2. The molecule has 0 aliphatic rings. The molecule has 2 aromatic rings. The van der Waals surface area contributed by atoms with Crippen LogP contribution < -0.4 is 5.43 Å². The Bertz CT molecular complexity index is 719. The first-order valence-corrected chi connectivity index (χ1v) is 5.63. The molecule has 0 aliphatic heterocycles. The monoisotopic (exact) mass is 261 g/mol. The second kappa shape index (κ2) is 4.68. The summed E-state index contributed by atoms with van der Waals surface area (Å²) in [4.78, 5) is 22.5. The van der Waals surface area contributed by atoms with E-state index in [1.165, 1.54) is 16.7 Å². The zero-order valence-corrected chi connectivity index (χ0v) is 10.5. The minimum atomic E-state index is -1.33. The first kappa shape index (κ1) is 13.0. The van der Waals surface area contributed by atoms with Gasteiger partial charge in [0.15, 0.2) is 5.43 Å². The Morgan fingerprint density at radius 1 is 1.26 bits per heavy atom. The van der Waals surface area contributed by atoms with E-state index in [2.05, 4.69) is 0 Å². The summed E-state index contributed by atoms with van der Waals surface area (Å²) < 4.78 is 15.2. The maximum atomic E-state index is 13.8. The fourth-order valence-corrected chi connectivity index (χ4v) is 1.86.